The van der Waals surface area contributed by atoms with E-state index in [1.54, 1.807) is 24.3 Å². The van der Waals surface area contributed by atoms with Gasteiger partial charge < -0.3 is 5.32 Å². The topological polar surface area (TPSA) is 64.0 Å². The second-order valence-corrected chi connectivity index (χ2v) is 6.14. The summed E-state index contributed by atoms with van der Waals surface area (Å²) in [6, 6.07) is 8.87. The van der Waals surface area contributed by atoms with Crippen LogP contribution in [0.1, 0.15) is 23.2 Å². The van der Waals surface area contributed by atoms with Crippen LogP contribution in [0.15, 0.2) is 41.2 Å². The molecule has 0 spiro atoms. The number of nitrogens with one attached hydrogen (secondary N) is 1. The molecular weight excluding hydrogens is 326 g/mol. The van der Waals surface area contributed by atoms with Crippen molar-refractivity contribution in [1.82, 2.24) is 15.1 Å². The molecule has 124 valence electrons. The van der Waals surface area contributed by atoms with Crippen molar-refractivity contribution >= 4 is 23.6 Å². The lowest BCUT2D eigenvalue weighted by Crippen LogP contribution is -2.31. The van der Waals surface area contributed by atoms with E-state index in [0.29, 0.717) is 18.1 Å². The average molecular weight is 344 g/mol. The maximum atomic E-state index is 12.0. The number of aryl methyl sites for hydroxylation is 2. The first-order chi connectivity index (χ1) is 11.6. The molecule has 1 aliphatic rings. The van der Waals surface area contributed by atoms with Crippen LogP contribution in [0.3, 0.4) is 0 Å². The Morgan fingerprint density at radius 2 is 2.08 bits per heavy atom. The molecule has 1 N–H and O–H groups in total. The fourth-order valence-corrected chi connectivity index (χ4v) is 2.82. The Kier molecular flexibility index (Phi) is 5.11. The van der Waals surface area contributed by atoms with Gasteiger partial charge in [-0.1, -0.05) is 23.7 Å². The lowest BCUT2D eigenvalue weighted by Gasteiger charge is -2.07. The Bertz CT molecular complexity index is 825. The zero-order chi connectivity index (χ0) is 16.9. The van der Waals surface area contributed by atoms with Gasteiger partial charge in [-0.25, -0.2) is 4.68 Å². The molecule has 1 aromatic carbocycles. The third kappa shape index (κ3) is 4.11. The van der Waals surface area contributed by atoms with E-state index in [4.69, 9.17) is 11.6 Å². The summed E-state index contributed by atoms with van der Waals surface area (Å²) in [5.41, 5.74) is 2.85. The van der Waals surface area contributed by atoms with Crippen molar-refractivity contribution in [2.45, 2.75) is 25.8 Å². The van der Waals surface area contributed by atoms with Crippen molar-refractivity contribution in [1.29, 1.82) is 0 Å². The van der Waals surface area contributed by atoms with Gasteiger partial charge in [0.25, 0.3) is 5.56 Å². The first-order valence-corrected chi connectivity index (χ1v) is 8.31. The van der Waals surface area contributed by atoms with Crippen LogP contribution in [0, 0.1) is 0 Å². The molecule has 0 fully saturated rings. The molecule has 0 atom stereocenters. The summed E-state index contributed by atoms with van der Waals surface area (Å²) >= 11 is 5.81. The fourth-order valence-electron chi connectivity index (χ4n) is 2.69. The molecule has 0 aliphatic heterocycles. The van der Waals surface area contributed by atoms with Gasteiger partial charge in [0.15, 0.2) is 0 Å². The summed E-state index contributed by atoms with van der Waals surface area (Å²) in [4.78, 5) is 23.8. The molecule has 0 unspecified atom stereocenters. The summed E-state index contributed by atoms with van der Waals surface area (Å²) in [7, 11) is 0. The molecule has 0 radical (unpaired) electrons. The maximum Gasteiger partial charge on any atom is 0.267 e. The van der Waals surface area contributed by atoms with Crippen molar-refractivity contribution in [3.63, 3.8) is 0 Å². The van der Waals surface area contributed by atoms with E-state index in [1.807, 2.05) is 12.1 Å². The first-order valence-electron chi connectivity index (χ1n) is 7.93. The van der Waals surface area contributed by atoms with E-state index in [0.717, 1.165) is 36.1 Å². The van der Waals surface area contributed by atoms with Gasteiger partial charge in [-0.3, -0.25) is 9.59 Å². The summed E-state index contributed by atoms with van der Waals surface area (Å²) in [5, 5.41) is 7.79. The molecule has 1 heterocycles. The molecule has 0 bridgehead atoms. The number of rotatable bonds is 5. The highest BCUT2D eigenvalue weighted by Gasteiger charge is 2.14. The molecular formula is C18H18ClN3O2. The first kappa shape index (κ1) is 16.5. The third-order valence-corrected chi connectivity index (χ3v) is 4.20. The molecule has 2 aromatic rings. The minimum Gasteiger partial charge on any atom is -0.351 e. The van der Waals surface area contributed by atoms with Gasteiger partial charge in [0.05, 0.1) is 12.2 Å². The monoisotopic (exact) mass is 343 g/mol. The number of aromatic nitrogens is 2. The molecule has 1 amide bonds. The predicted molar refractivity (Wildman–Crippen MR) is 94.0 cm³/mol. The number of hydrogen-bond donors (Lipinski definition) is 1. The van der Waals surface area contributed by atoms with Gasteiger partial charge >= 0.3 is 0 Å². The number of benzene rings is 1. The Morgan fingerprint density at radius 3 is 2.88 bits per heavy atom. The van der Waals surface area contributed by atoms with E-state index in [2.05, 4.69) is 10.4 Å². The quantitative estimate of drug-likeness (QED) is 0.847. The Balaban J connectivity index is 1.52. The molecule has 1 aliphatic carbocycles. The fraction of sp³-hybridized carbons (Fsp3) is 0.278. The summed E-state index contributed by atoms with van der Waals surface area (Å²) < 4.78 is 1.42. The number of halogens is 1. The standard InChI is InChI=1S/C18H18ClN3O2/c19-15-7-4-13(5-8-15)6-9-17(23)20-10-11-22-18(24)12-14-2-1-3-16(14)21-22/h4-9,12H,1-3,10-11H2,(H,20,23)/b9-6+. The van der Waals surface area contributed by atoms with Gasteiger partial charge in [-0.2, -0.15) is 5.10 Å². The van der Waals surface area contributed by atoms with Gasteiger partial charge in [-0.15, -0.1) is 0 Å². The van der Waals surface area contributed by atoms with Crippen LogP contribution in [0.4, 0.5) is 0 Å². The predicted octanol–water partition coefficient (Wildman–Crippen LogP) is 2.21. The van der Waals surface area contributed by atoms with Gasteiger partial charge in [0.1, 0.15) is 0 Å². The van der Waals surface area contributed by atoms with Crippen molar-refractivity contribution in [2.24, 2.45) is 0 Å². The van der Waals surface area contributed by atoms with Gasteiger partial charge in [0.2, 0.25) is 5.91 Å². The molecule has 3 rings (SSSR count). The van der Waals surface area contributed by atoms with Crippen LogP contribution < -0.4 is 10.9 Å². The maximum absolute atomic E-state index is 12.0. The third-order valence-electron chi connectivity index (χ3n) is 3.94. The van der Waals surface area contributed by atoms with E-state index >= 15 is 0 Å². The van der Waals surface area contributed by atoms with E-state index < -0.39 is 0 Å². The number of carbonyl (C=O) groups excluding carboxylic acids is 1. The zero-order valence-electron chi connectivity index (χ0n) is 13.2. The summed E-state index contributed by atoms with van der Waals surface area (Å²) in [6.07, 6.45) is 6.09. The molecule has 24 heavy (non-hydrogen) atoms. The molecule has 0 saturated heterocycles. The van der Waals surface area contributed by atoms with Crippen molar-refractivity contribution in [3.8, 4) is 0 Å². The van der Waals surface area contributed by atoms with E-state index in [1.165, 1.54) is 10.8 Å². The second-order valence-electron chi connectivity index (χ2n) is 5.71. The van der Waals surface area contributed by atoms with Crippen LogP contribution in [-0.2, 0) is 24.2 Å². The van der Waals surface area contributed by atoms with Crippen LogP contribution >= 0.6 is 11.6 Å². The Hall–Kier alpha value is -2.40. The normalized spacial score (nSPS) is 13.2. The molecule has 5 nitrogen and oxygen atoms in total. The highest BCUT2D eigenvalue weighted by molar-refractivity contribution is 6.30. The van der Waals surface area contributed by atoms with E-state index in [9.17, 15) is 9.59 Å². The smallest absolute Gasteiger partial charge is 0.267 e. The largest absolute Gasteiger partial charge is 0.351 e. The minimum atomic E-state index is -0.209. The lowest BCUT2D eigenvalue weighted by atomic mass is 10.2. The van der Waals surface area contributed by atoms with Crippen LogP contribution in [0.25, 0.3) is 6.08 Å². The van der Waals surface area contributed by atoms with Crippen LogP contribution in [-0.4, -0.2) is 22.2 Å². The average Bonchev–Trinajstić information content (AvgIpc) is 3.01. The SMILES string of the molecule is O=C(/C=C/c1ccc(Cl)cc1)NCCn1nc2c(cc1=O)CCC2. The number of carbonyl (C=O) groups is 1. The van der Waals surface area contributed by atoms with Crippen molar-refractivity contribution < 1.29 is 4.79 Å². The lowest BCUT2D eigenvalue weighted by molar-refractivity contribution is -0.116. The number of amides is 1. The molecule has 6 heteroatoms. The highest BCUT2D eigenvalue weighted by atomic mass is 35.5. The summed E-state index contributed by atoms with van der Waals surface area (Å²) in [6.45, 7) is 0.724. The van der Waals surface area contributed by atoms with Crippen LogP contribution in [0.2, 0.25) is 5.02 Å². The molecule has 0 saturated carbocycles. The number of fused-ring (bicyclic) bond motifs is 1. The highest BCUT2D eigenvalue weighted by Crippen LogP contribution is 2.16. The molecule has 1 aromatic heterocycles. The number of nitrogens with zero attached hydrogens (tertiary/aromatic N) is 2. The zero-order valence-corrected chi connectivity index (χ0v) is 13.9. The second kappa shape index (κ2) is 7.45. The van der Waals surface area contributed by atoms with Crippen molar-refractivity contribution in [3.05, 3.63) is 68.6 Å². The Labute approximate surface area is 145 Å². The summed E-state index contributed by atoms with van der Waals surface area (Å²) in [5.74, 6) is -0.209. The van der Waals surface area contributed by atoms with Crippen LogP contribution in [0.5, 0.6) is 0 Å². The Morgan fingerprint density at radius 1 is 1.29 bits per heavy atom. The number of hydrogen-bond acceptors (Lipinski definition) is 3. The van der Waals surface area contributed by atoms with Gasteiger partial charge in [-0.05, 0) is 48.6 Å². The van der Waals surface area contributed by atoms with E-state index in [-0.39, 0.29) is 11.5 Å². The van der Waals surface area contributed by atoms with Gasteiger partial charge in [0, 0.05) is 23.7 Å². The minimum absolute atomic E-state index is 0.110. The van der Waals surface area contributed by atoms with Crippen molar-refractivity contribution in [2.75, 3.05) is 6.54 Å².